The SMILES string of the molecule is CCC1CCCCC1NC(=O)[C@H]1CCCNC1. The lowest BCUT2D eigenvalue weighted by Gasteiger charge is -2.33. The Balaban J connectivity index is 1.83. The molecule has 3 atom stereocenters. The normalized spacial score (nSPS) is 34.3. The average Bonchev–Trinajstić information content (AvgIpc) is 2.40. The second-order valence-corrected chi connectivity index (χ2v) is 5.61. The fourth-order valence-electron chi connectivity index (χ4n) is 3.26. The molecule has 1 saturated carbocycles. The lowest BCUT2D eigenvalue weighted by molar-refractivity contribution is -0.126. The molecule has 2 fully saturated rings. The van der Waals surface area contributed by atoms with E-state index in [1.807, 2.05) is 0 Å². The zero-order valence-corrected chi connectivity index (χ0v) is 11.0. The second-order valence-electron chi connectivity index (χ2n) is 5.61. The minimum atomic E-state index is 0.211. The summed E-state index contributed by atoms with van der Waals surface area (Å²) in [5.41, 5.74) is 0. The van der Waals surface area contributed by atoms with Crippen LogP contribution >= 0.6 is 0 Å². The van der Waals surface area contributed by atoms with Crippen LogP contribution in [0.15, 0.2) is 0 Å². The van der Waals surface area contributed by atoms with Gasteiger partial charge in [0, 0.05) is 12.6 Å². The molecule has 1 heterocycles. The molecule has 17 heavy (non-hydrogen) atoms. The number of carbonyl (C=O) groups is 1. The van der Waals surface area contributed by atoms with Crippen molar-refractivity contribution in [2.24, 2.45) is 11.8 Å². The standard InChI is InChI=1S/C14H26N2O/c1-2-11-6-3-4-8-13(11)16-14(17)12-7-5-9-15-10-12/h11-13,15H,2-10H2,1H3,(H,16,17)/t11?,12-,13?/m0/s1. The number of piperidine rings is 1. The summed E-state index contributed by atoms with van der Waals surface area (Å²) in [6.07, 6.45) is 8.51. The van der Waals surface area contributed by atoms with Gasteiger partial charge in [0.15, 0.2) is 0 Å². The molecule has 1 saturated heterocycles. The molecule has 2 N–H and O–H groups in total. The number of amides is 1. The molecule has 3 heteroatoms. The topological polar surface area (TPSA) is 41.1 Å². The monoisotopic (exact) mass is 238 g/mol. The first-order valence-electron chi connectivity index (χ1n) is 7.32. The molecule has 0 radical (unpaired) electrons. The molecule has 2 unspecified atom stereocenters. The van der Waals surface area contributed by atoms with E-state index in [-0.39, 0.29) is 5.92 Å². The first-order valence-corrected chi connectivity index (χ1v) is 7.32. The maximum absolute atomic E-state index is 12.2. The Hall–Kier alpha value is -0.570. The lowest BCUT2D eigenvalue weighted by atomic mass is 9.82. The van der Waals surface area contributed by atoms with Crippen molar-refractivity contribution in [3.05, 3.63) is 0 Å². The second kappa shape index (κ2) is 6.39. The highest BCUT2D eigenvalue weighted by atomic mass is 16.2. The summed E-state index contributed by atoms with van der Waals surface area (Å²) in [5, 5.41) is 6.63. The van der Waals surface area contributed by atoms with Gasteiger partial charge < -0.3 is 10.6 Å². The van der Waals surface area contributed by atoms with E-state index in [9.17, 15) is 4.79 Å². The van der Waals surface area contributed by atoms with Gasteiger partial charge in [0.25, 0.3) is 0 Å². The van der Waals surface area contributed by atoms with Crippen LogP contribution in [-0.4, -0.2) is 25.0 Å². The molecule has 98 valence electrons. The minimum Gasteiger partial charge on any atom is -0.353 e. The van der Waals surface area contributed by atoms with Crippen LogP contribution in [-0.2, 0) is 4.79 Å². The van der Waals surface area contributed by atoms with Gasteiger partial charge in [-0.15, -0.1) is 0 Å². The van der Waals surface area contributed by atoms with E-state index >= 15 is 0 Å². The molecular formula is C14H26N2O. The van der Waals surface area contributed by atoms with E-state index in [0.29, 0.717) is 17.9 Å². The molecule has 0 spiro atoms. The first-order chi connectivity index (χ1) is 8.31. The molecule has 1 aliphatic heterocycles. The summed E-state index contributed by atoms with van der Waals surface area (Å²) < 4.78 is 0. The van der Waals surface area contributed by atoms with Gasteiger partial charge in [0.1, 0.15) is 0 Å². The van der Waals surface area contributed by atoms with Crippen molar-refractivity contribution in [2.75, 3.05) is 13.1 Å². The van der Waals surface area contributed by atoms with Crippen molar-refractivity contribution < 1.29 is 4.79 Å². The summed E-state index contributed by atoms with van der Waals surface area (Å²) in [4.78, 5) is 12.2. The van der Waals surface area contributed by atoms with Gasteiger partial charge in [0.05, 0.1) is 5.92 Å². The largest absolute Gasteiger partial charge is 0.353 e. The Bertz CT molecular complexity index is 249. The van der Waals surface area contributed by atoms with Gasteiger partial charge in [-0.2, -0.15) is 0 Å². The third-order valence-electron chi connectivity index (χ3n) is 4.43. The molecule has 0 aromatic rings. The third-order valence-corrected chi connectivity index (χ3v) is 4.43. The van der Waals surface area contributed by atoms with E-state index in [1.165, 1.54) is 32.1 Å². The van der Waals surface area contributed by atoms with Crippen molar-refractivity contribution in [2.45, 2.75) is 57.9 Å². The van der Waals surface area contributed by atoms with Crippen LogP contribution in [0.2, 0.25) is 0 Å². The third kappa shape index (κ3) is 3.44. The number of hydrogen-bond donors (Lipinski definition) is 2. The van der Waals surface area contributed by atoms with Crippen molar-refractivity contribution in [3.8, 4) is 0 Å². The lowest BCUT2D eigenvalue weighted by Crippen LogP contribution is -2.47. The van der Waals surface area contributed by atoms with E-state index in [0.717, 1.165) is 25.9 Å². The minimum absolute atomic E-state index is 0.211. The Morgan fingerprint density at radius 3 is 2.76 bits per heavy atom. The Morgan fingerprint density at radius 2 is 2.06 bits per heavy atom. The van der Waals surface area contributed by atoms with Crippen LogP contribution in [0.4, 0.5) is 0 Å². The molecule has 1 aliphatic carbocycles. The van der Waals surface area contributed by atoms with Crippen LogP contribution < -0.4 is 10.6 Å². The van der Waals surface area contributed by atoms with Crippen molar-refractivity contribution >= 4 is 5.91 Å². The van der Waals surface area contributed by atoms with Crippen LogP contribution in [0.25, 0.3) is 0 Å². The summed E-state index contributed by atoms with van der Waals surface area (Å²) in [6.45, 7) is 4.19. The average molecular weight is 238 g/mol. The predicted molar refractivity (Wildman–Crippen MR) is 69.8 cm³/mol. The van der Waals surface area contributed by atoms with Crippen molar-refractivity contribution in [1.82, 2.24) is 10.6 Å². The molecule has 0 aromatic heterocycles. The number of rotatable bonds is 3. The fraction of sp³-hybridized carbons (Fsp3) is 0.929. The maximum Gasteiger partial charge on any atom is 0.224 e. The van der Waals surface area contributed by atoms with E-state index in [1.54, 1.807) is 0 Å². The van der Waals surface area contributed by atoms with Gasteiger partial charge >= 0.3 is 0 Å². The number of hydrogen-bond acceptors (Lipinski definition) is 2. The Kier molecular flexibility index (Phi) is 4.84. The van der Waals surface area contributed by atoms with E-state index in [2.05, 4.69) is 17.6 Å². The van der Waals surface area contributed by atoms with Gasteiger partial charge in [-0.05, 0) is 38.1 Å². The van der Waals surface area contributed by atoms with Crippen molar-refractivity contribution in [1.29, 1.82) is 0 Å². The molecule has 2 aliphatic rings. The Morgan fingerprint density at radius 1 is 1.24 bits per heavy atom. The zero-order chi connectivity index (χ0) is 12.1. The smallest absolute Gasteiger partial charge is 0.224 e. The summed E-state index contributed by atoms with van der Waals surface area (Å²) in [5.74, 6) is 1.22. The summed E-state index contributed by atoms with van der Waals surface area (Å²) in [7, 11) is 0. The van der Waals surface area contributed by atoms with E-state index in [4.69, 9.17) is 0 Å². The van der Waals surface area contributed by atoms with E-state index < -0.39 is 0 Å². The Labute approximate surface area is 105 Å². The predicted octanol–water partition coefficient (Wildman–Crippen LogP) is 2.07. The van der Waals surface area contributed by atoms with Gasteiger partial charge in [-0.3, -0.25) is 4.79 Å². The first kappa shape index (κ1) is 12.9. The summed E-state index contributed by atoms with van der Waals surface area (Å²) in [6, 6.07) is 0.447. The highest BCUT2D eigenvalue weighted by Gasteiger charge is 2.28. The molecule has 2 rings (SSSR count). The quantitative estimate of drug-likeness (QED) is 0.790. The van der Waals surface area contributed by atoms with Gasteiger partial charge in [-0.25, -0.2) is 0 Å². The number of nitrogens with one attached hydrogen (secondary N) is 2. The molecule has 1 amide bonds. The van der Waals surface area contributed by atoms with Crippen LogP contribution in [0.3, 0.4) is 0 Å². The molecule has 3 nitrogen and oxygen atoms in total. The highest BCUT2D eigenvalue weighted by molar-refractivity contribution is 5.79. The van der Waals surface area contributed by atoms with Crippen LogP contribution in [0, 0.1) is 11.8 Å². The highest BCUT2D eigenvalue weighted by Crippen LogP contribution is 2.27. The van der Waals surface area contributed by atoms with Gasteiger partial charge in [0.2, 0.25) is 5.91 Å². The fourth-order valence-corrected chi connectivity index (χ4v) is 3.26. The zero-order valence-electron chi connectivity index (χ0n) is 11.0. The maximum atomic E-state index is 12.2. The molecular weight excluding hydrogens is 212 g/mol. The molecule has 0 bridgehead atoms. The molecule has 0 aromatic carbocycles. The van der Waals surface area contributed by atoms with Crippen LogP contribution in [0.1, 0.15) is 51.9 Å². The summed E-state index contributed by atoms with van der Waals surface area (Å²) >= 11 is 0. The van der Waals surface area contributed by atoms with Gasteiger partial charge in [-0.1, -0.05) is 26.2 Å². The van der Waals surface area contributed by atoms with Crippen molar-refractivity contribution in [3.63, 3.8) is 0 Å². The number of carbonyl (C=O) groups excluding carboxylic acids is 1. The van der Waals surface area contributed by atoms with Crippen LogP contribution in [0.5, 0.6) is 0 Å².